The third-order valence-electron chi connectivity index (χ3n) is 3.51. The predicted molar refractivity (Wildman–Crippen MR) is 82.7 cm³/mol. The molecule has 0 bridgehead atoms. The van der Waals surface area contributed by atoms with Gasteiger partial charge in [-0.2, -0.15) is 0 Å². The Balaban J connectivity index is 1.80. The van der Waals surface area contributed by atoms with Crippen LogP contribution in [0.15, 0.2) is 47.1 Å². The molecule has 0 radical (unpaired) electrons. The van der Waals surface area contributed by atoms with Crippen LogP contribution in [0.2, 0.25) is 0 Å². The van der Waals surface area contributed by atoms with Crippen molar-refractivity contribution in [1.29, 1.82) is 0 Å². The average Bonchev–Trinajstić information content (AvgIpc) is 3.03. The molecule has 1 heterocycles. The van der Waals surface area contributed by atoms with Gasteiger partial charge in [0.15, 0.2) is 0 Å². The van der Waals surface area contributed by atoms with Gasteiger partial charge in [-0.1, -0.05) is 31.2 Å². The summed E-state index contributed by atoms with van der Waals surface area (Å²) in [5, 5.41) is 6.12. The highest BCUT2D eigenvalue weighted by molar-refractivity contribution is 5.81. The van der Waals surface area contributed by atoms with Crippen LogP contribution in [-0.2, 0) is 24.3 Å². The van der Waals surface area contributed by atoms with Crippen LogP contribution in [0.3, 0.4) is 0 Å². The number of carbonyl (C=O) groups excluding carboxylic acids is 1. The van der Waals surface area contributed by atoms with E-state index in [0.29, 0.717) is 13.1 Å². The Morgan fingerprint density at radius 3 is 2.57 bits per heavy atom. The highest BCUT2D eigenvalue weighted by Gasteiger charge is 2.12. The minimum Gasteiger partial charge on any atom is -0.467 e. The Kier molecular flexibility index (Phi) is 5.58. The molecule has 2 aromatic rings. The van der Waals surface area contributed by atoms with Gasteiger partial charge in [0.1, 0.15) is 5.76 Å². The molecule has 0 fully saturated rings. The van der Waals surface area contributed by atoms with Crippen molar-refractivity contribution in [2.75, 3.05) is 0 Å². The van der Waals surface area contributed by atoms with Crippen LogP contribution in [0, 0.1) is 0 Å². The van der Waals surface area contributed by atoms with Crippen LogP contribution in [-0.4, -0.2) is 11.9 Å². The summed E-state index contributed by atoms with van der Waals surface area (Å²) >= 11 is 0. The minimum atomic E-state index is -0.245. The molecule has 1 amide bonds. The topological polar surface area (TPSA) is 54.3 Å². The smallest absolute Gasteiger partial charge is 0.237 e. The summed E-state index contributed by atoms with van der Waals surface area (Å²) in [5.74, 6) is 0.729. The molecule has 2 rings (SSSR count). The van der Waals surface area contributed by atoms with E-state index in [1.165, 1.54) is 11.1 Å². The van der Waals surface area contributed by atoms with Crippen molar-refractivity contribution < 1.29 is 9.21 Å². The number of nitrogens with one attached hydrogen (secondary N) is 2. The van der Waals surface area contributed by atoms with E-state index in [-0.39, 0.29) is 11.9 Å². The molecule has 0 aliphatic rings. The van der Waals surface area contributed by atoms with E-state index >= 15 is 0 Å². The van der Waals surface area contributed by atoms with Gasteiger partial charge in [-0.25, -0.2) is 0 Å². The van der Waals surface area contributed by atoms with Crippen LogP contribution >= 0.6 is 0 Å². The molecule has 1 aromatic heterocycles. The van der Waals surface area contributed by atoms with Crippen molar-refractivity contribution in [3.8, 4) is 0 Å². The summed E-state index contributed by atoms with van der Waals surface area (Å²) in [6.07, 6.45) is 2.60. The highest BCUT2D eigenvalue weighted by atomic mass is 16.3. The lowest BCUT2D eigenvalue weighted by atomic mass is 10.1. The van der Waals surface area contributed by atoms with Crippen molar-refractivity contribution in [3.05, 3.63) is 59.5 Å². The molecular weight excluding hydrogens is 264 g/mol. The number of carbonyl (C=O) groups is 1. The number of amides is 1. The van der Waals surface area contributed by atoms with Gasteiger partial charge < -0.3 is 15.1 Å². The standard InChI is InChI=1S/C17H22N2O2/c1-3-14-7-4-5-8-15(14)11-18-13(2)17(20)19-12-16-9-6-10-21-16/h4-10,13,18H,3,11-12H2,1-2H3,(H,19,20). The third-order valence-corrected chi connectivity index (χ3v) is 3.51. The minimum absolute atomic E-state index is 0.0274. The van der Waals surface area contributed by atoms with Gasteiger partial charge in [-0.05, 0) is 36.6 Å². The summed E-state index contributed by atoms with van der Waals surface area (Å²) in [4.78, 5) is 12.0. The number of rotatable bonds is 7. The largest absolute Gasteiger partial charge is 0.467 e. The zero-order valence-electron chi connectivity index (χ0n) is 12.6. The Labute approximate surface area is 125 Å². The molecule has 0 saturated heterocycles. The van der Waals surface area contributed by atoms with Crippen LogP contribution in [0.1, 0.15) is 30.7 Å². The Bertz CT molecular complexity index is 564. The van der Waals surface area contributed by atoms with E-state index in [0.717, 1.165) is 12.2 Å². The van der Waals surface area contributed by atoms with Gasteiger partial charge in [0, 0.05) is 6.54 Å². The zero-order valence-corrected chi connectivity index (χ0v) is 12.6. The Morgan fingerprint density at radius 2 is 1.90 bits per heavy atom. The lowest BCUT2D eigenvalue weighted by Crippen LogP contribution is -2.41. The van der Waals surface area contributed by atoms with Gasteiger partial charge in [0.25, 0.3) is 0 Å². The molecule has 21 heavy (non-hydrogen) atoms. The van der Waals surface area contributed by atoms with E-state index in [4.69, 9.17) is 4.42 Å². The second-order valence-electron chi connectivity index (χ2n) is 5.02. The summed E-state index contributed by atoms with van der Waals surface area (Å²) in [7, 11) is 0. The molecule has 0 aliphatic carbocycles. The van der Waals surface area contributed by atoms with Gasteiger partial charge in [0.2, 0.25) is 5.91 Å². The SMILES string of the molecule is CCc1ccccc1CNC(C)C(=O)NCc1ccco1. The molecule has 1 aromatic carbocycles. The van der Waals surface area contributed by atoms with Gasteiger partial charge in [0.05, 0.1) is 18.8 Å². The molecule has 112 valence electrons. The van der Waals surface area contributed by atoms with E-state index in [1.54, 1.807) is 6.26 Å². The normalized spacial score (nSPS) is 12.1. The molecule has 4 nitrogen and oxygen atoms in total. The number of benzene rings is 1. The quantitative estimate of drug-likeness (QED) is 0.822. The average molecular weight is 286 g/mol. The van der Waals surface area contributed by atoms with Crippen molar-refractivity contribution in [1.82, 2.24) is 10.6 Å². The zero-order chi connectivity index (χ0) is 15.1. The molecule has 0 aliphatic heterocycles. The molecule has 1 atom stereocenters. The first kappa shape index (κ1) is 15.3. The van der Waals surface area contributed by atoms with Crippen LogP contribution in [0.25, 0.3) is 0 Å². The van der Waals surface area contributed by atoms with Crippen molar-refractivity contribution >= 4 is 5.91 Å². The maximum atomic E-state index is 12.0. The van der Waals surface area contributed by atoms with E-state index < -0.39 is 0 Å². The Hall–Kier alpha value is -2.07. The third kappa shape index (κ3) is 4.46. The fourth-order valence-corrected chi connectivity index (χ4v) is 2.17. The van der Waals surface area contributed by atoms with Crippen molar-refractivity contribution in [2.24, 2.45) is 0 Å². The van der Waals surface area contributed by atoms with E-state index in [9.17, 15) is 4.79 Å². The van der Waals surface area contributed by atoms with Gasteiger partial charge in [-0.15, -0.1) is 0 Å². The highest BCUT2D eigenvalue weighted by Crippen LogP contribution is 2.09. The summed E-state index contributed by atoms with van der Waals surface area (Å²) in [5.41, 5.74) is 2.55. The Morgan fingerprint density at radius 1 is 1.14 bits per heavy atom. The lowest BCUT2D eigenvalue weighted by molar-refractivity contribution is -0.123. The summed E-state index contributed by atoms with van der Waals surface area (Å²) in [6, 6.07) is 11.7. The number of furan rings is 1. The molecule has 4 heteroatoms. The van der Waals surface area contributed by atoms with Crippen LogP contribution < -0.4 is 10.6 Å². The first-order valence-corrected chi connectivity index (χ1v) is 7.31. The fourth-order valence-electron chi connectivity index (χ4n) is 2.17. The van der Waals surface area contributed by atoms with Gasteiger partial charge in [-0.3, -0.25) is 4.79 Å². The van der Waals surface area contributed by atoms with E-state index in [2.05, 4.69) is 29.7 Å². The fraction of sp³-hybridized carbons (Fsp3) is 0.353. The van der Waals surface area contributed by atoms with E-state index in [1.807, 2.05) is 31.2 Å². The van der Waals surface area contributed by atoms with Crippen molar-refractivity contribution in [3.63, 3.8) is 0 Å². The molecular formula is C17H22N2O2. The molecule has 1 unspecified atom stereocenters. The van der Waals surface area contributed by atoms with Gasteiger partial charge >= 0.3 is 0 Å². The lowest BCUT2D eigenvalue weighted by Gasteiger charge is -2.15. The second kappa shape index (κ2) is 7.64. The van der Waals surface area contributed by atoms with Crippen LogP contribution in [0.4, 0.5) is 0 Å². The predicted octanol–water partition coefficient (Wildman–Crippen LogP) is 2.64. The molecule has 2 N–H and O–H groups in total. The van der Waals surface area contributed by atoms with Crippen LogP contribution in [0.5, 0.6) is 0 Å². The molecule has 0 spiro atoms. The first-order chi connectivity index (χ1) is 10.2. The number of hydrogen-bond donors (Lipinski definition) is 2. The monoisotopic (exact) mass is 286 g/mol. The maximum absolute atomic E-state index is 12.0. The summed E-state index contributed by atoms with van der Waals surface area (Å²) in [6.45, 7) is 5.12. The maximum Gasteiger partial charge on any atom is 0.237 e. The number of aryl methyl sites for hydroxylation is 1. The first-order valence-electron chi connectivity index (χ1n) is 7.31. The number of hydrogen-bond acceptors (Lipinski definition) is 3. The van der Waals surface area contributed by atoms with Crippen molar-refractivity contribution in [2.45, 2.75) is 39.4 Å². The summed E-state index contributed by atoms with van der Waals surface area (Å²) < 4.78 is 5.19. The second-order valence-corrected chi connectivity index (χ2v) is 5.02. The molecule has 0 saturated carbocycles.